The summed E-state index contributed by atoms with van der Waals surface area (Å²) in [5, 5.41) is 0. The number of hydrogen-bond donors (Lipinski definition) is 1. The fourth-order valence-electron chi connectivity index (χ4n) is 2.47. The molecule has 3 heteroatoms. The lowest BCUT2D eigenvalue weighted by Gasteiger charge is -2.22. The molecule has 0 spiro atoms. The van der Waals surface area contributed by atoms with E-state index in [9.17, 15) is 4.39 Å². The van der Waals surface area contributed by atoms with Gasteiger partial charge in [0.05, 0.1) is 0 Å². The zero-order valence-electron chi connectivity index (χ0n) is 10.7. The lowest BCUT2D eigenvalue weighted by molar-refractivity contribution is 0.241. The van der Waals surface area contributed by atoms with Gasteiger partial charge in [-0.05, 0) is 49.7 Å². The first-order valence-electron chi connectivity index (χ1n) is 6.97. The van der Waals surface area contributed by atoms with E-state index in [1.807, 2.05) is 6.07 Å². The molecule has 0 saturated heterocycles. The number of halogens is 1. The predicted molar refractivity (Wildman–Crippen MR) is 71.5 cm³/mol. The maximum absolute atomic E-state index is 13.8. The molecule has 1 aromatic rings. The van der Waals surface area contributed by atoms with Gasteiger partial charge in [-0.3, -0.25) is 4.90 Å². The van der Waals surface area contributed by atoms with Crippen LogP contribution in [0.15, 0.2) is 18.2 Å². The van der Waals surface area contributed by atoms with Crippen LogP contribution in [0.3, 0.4) is 0 Å². The molecule has 18 heavy (non-hydrogen) atoms. The molecule has 1 aromatic carbocycles. The first kappa shape index (κ1) is 12.0. The highest BCUT2D eigenvalue weighted by Crippen LogP contribution is 2.34. The fraction of sp³-hybridized carbons (Fsp3) is 0.600. The van der Waals surface area contributed by atoms with Gasteiger partial charge in [0.2, 0.25) is 0 Å². The number of benzene rings is 1. The number of nitrogens with two attached hydrogens (primary N) is 1. The minimum atomic E-state index is -0.161. The van der Waals surface area contributed by atoms with Crippen molar-refractivity contribution in [2.24, 2.45) is 11.8 Å². The van der Waals surface area contributed by atoms with Crippen molar-refractivity contribution in [3.63, 3.8) is 0 Å². The monoisotopic (exact) mass is 248 g/mol. The Kier molecular flexibility index (Phi) is 3.25. The largest absolute Gasteiger partial charge is 0.399 e. The van der Waals surface area contributed by atoms with E-state index in [2.05, 4.69) is 4.90 Å². The molecule has 2 aliphatic rings. The topological polar surface area (TPSA) is 29.3 Å². The average molecular weight is 248 g/mol. The van der Waals surface area contributed by atoms with Crippen LogP contribution in [0.5, 0.6) is 0 Å². The van der Waals surface area contributed by atoms with Gasteiger partial charge in [-0.2, -0.15) is 0 Å². The van der Waals surface area contributed by atoms with Crippen molar-refractivity contribution in [1.82, 2.24) is 4.90 Å². The van der Waals surface area contributed by atoms with Gasteiger partial charge in [0, 0.05) is 30.9 Å². The number of rotatable bonds is 6. The van der Waals surface area contributed by atoms with Gasteiger partial charge in [-0.1, -0.05) is 6.07 Å². The maximum atomic E-state index is 13.8. The van der Waals surface area contributed by atoms with Crippen LogP contribution in [0.2, 0.25) is 0 Å². The van der Waals surface area contributed by atoms with Crippen LogP contribution in [0.4, 0.5) is 10.1 Å². The maximum Gasteiger partial charge on any atom is 0.129 e. The lowest BCUT2D eigenvalue weighted by atomic mass is 10.1. The predicted octanol–water partition coefficient (Wildman–Crippen LogP) is 3.03. The van der Waals surface area contributed by atoms with Crippen molar-refractivity contribution in [2.45, 2.75) is 32.2 Å². The molecule has 98 valence electrons. The average Bonchev–Trinajstić information content (AvgIpc) is 3.18. The summed E-state index contributed by atoms with van der Waals surface area (Å²) in [4.78, 5) is 2.43. The van der Waals surface area contributed by atoms with E-state index in [0.717, 1.165) is 37.0 Å². The van der Waals surface area contributed by atoms with Gasteiger partial charge in [0.1, 0.15) is 5.82 Å². The third kappa shape index (κ3) is 3.22. The van der Waals surface area contributed by atoms with Crippen LogP contribution in [0.1, 0.15) is 31.2 Å². The Bertz CT molecular complexity index is 411. The van der Waals surface area contributed by atoms with Crippen molar-refractivity contribution in [1.29, 1.82) is 0 Å². The van der Waals surface area contributed by atoms with Crippen molar-refractivity contribution < 1.29 is 4.39 Å². The second kappa shape index (κ2) is 4.88. The Morgan fingerprint density at radius 3 is 2.22 bits per heavy atom. The van der Waals surface area contributed by atoms with Gasteiger partial charge >= 0.3 is 0 Å². The Morgan fingerprint density at radius 1 is 1.11 bits per heavy atom. The van der Waals surface area contributed by atoms with Gasteiger partial charge < -0.3 is 5.73 Å². The van der Waals surface area contributed by atoms with Crippen molar-refractivity contribution >= 4 is 5.69 Å². The normalized spacial score (nSPS) is 19.4. The highest BCUT2D eigenvalue weighted by Gasteiger charge is 2.29. The molecule has 0 bridgehead atoms. The van der Waals surface area contributed by atoms with Crippen LogP contribution in [-0.2, 0) is 6.54 Å². The molecular weight excluding hydrogens is 227 g/mol. The van der Waals surface area contributed by atoms with E-state index in [4.69, 9.17) is 5.73 Å². The number of nitrogens with zero attached hydrogens (tertiary/aromatic N) is 1. The first-order valence-corrected chi connectivity index (χ1v) is 6.97. The van der Waals surface area contributed by atoms with Gasteiger partial charge in [0.25, 0.3) is 0 Å². The van der Waals surface area contributed by atoms with E-state index in [0.29, 0.717) is 5.69 Å². The van der Waals surface area contributed by atoms with Crippen LogP contribution in [0.25, 0.3) is 0 Å². The Morgan fingerprint density at radius 2 is 1.72 bits per heavy atom. The molecule has 0 atom stereocenters. The molecule has 2 aliphatic carbocycles. The van der Waals surface area contributed by atoms with Crippen molar-refractivity contribution in [3.05, 3.63) is 29.6 Å². The summed E-state index contributed by atoms with van der Waals surface area (Å²) in [5.74, 6) is 1.56. The van der Waals surface area contributed by atoms with Crippen LogP contribution in [-0.4, -0.2) is 18.0 Å². The van der Waals surface area contributed by atoms with Crippen LogP contribution >= 0.6 is 0 Å². The zero-order valence-corrected chi connectivity index (χ0v) is 10.7. The summed E-state index contributed by atoms with van der Waals surface area (Å²) in [5.41, 5.74) is 6.88. The molecule has 2 nitrogen and oxygen atoms in total. The molecule has 0 radical (unpaired) electrons. The van der Waals surface area contributed by atoms with Gasteiger partial charge in [0.15, 0.2) is 0 Å². The molecule has 2 N–H and O–H groups in total. The molecule has 2 saturated carbocycles. The van der Waals surface area contributed by atoms with E-state index in [1.165, 1.54) is 31.7 Å². The summed E-state index contributed by atoms with van der Waals surface area (Å²) in [6.07, 6.45) is 5.41. The van der Waals surface area contributed by atoms with E-state index >= 15 is 0 Å². The SMILES string of the molecule is Nc1ccc(CN(CC2CC2)CC2CC2)c(F)c1. The lowest BCUT2D eigenvalue weighted by Crippen LogP contribution is -2.28. The van der Waals surface area contributed by atoms with E-state index in [1.54, 1.807) is 6.07 Å². The summed E-state index contributed by atoms with van der Waals surface area (Å²) >= 11 is 0. The smallest absolute Gasteiger partial charge is 0.129 e. The molecule has 0 aromatic heterocycles. The van der Waals surface area contributed by atoms with Crippen molar-refractivity contribution in [3.8, 4) is 0 Å². The summed E-state index contributed by atoms with van der Waals surface area (Å²) in [6.45, 7) is 3.01. The molecule has 0 amide bonds. The zero-order chi connectivity index (χ0) is 12.5. The molecule has 0 aliphatic heterocycles. The number of nitrogen functional groups attached to an aromatic ring is 1. The summed E-state index contributed by atoms with van der Waals surface area (Å²) in [7, 11) is 0. The fourth-order valence-corrected chi connectivity index (χ4v) is 2.47. The quantitative estimate of drug-likeness (QED) is 0.784. The molecule has 2 fully saturated rings. The Balaban J connectivity index is 1.65. The van der Waals surface area contributed by atoms with Gasteiger partial charge in [-0.25, -0.2) is 4.39 Å². The standard InChI is InChI=1S/C15H21FN2/c16-15-7-14(17)6-5-13(15)10-18(8-11-1-2-11)9-12-3-4-12/h5-7,11-12H,1-4,8-10,17H2. The van der Waals surface area contributed by atoms with E-state index in [-0.39, 0.29) is 5.82 Å². The van der Waals surface area contributed by atoms with E-state index < -0.39 is 0 Å². The Labute approximate surface area is 108 Å². The summed E-state index contributed by atoms with van der Waals surface area (Å²) < 4.78 is 13.8. The minimum Gasteiger partial charge on any atom is -0.399 e. The highest BCUT2D eigenvalue weighted by molar-refractivity contribution is 5.40. The molecule has 3 rings (SSSR count). The molecule has 0 heterocycles. The first-order chi connectivity index (χ1) is 8.70. The van der Waals surface area contributed by atoms with Crippen LogP contribution < -0.4 is 5.73 Å². The number of hydrogen-bond acceptors (Lipinski definition) is 2. The minimum absolute atomic E-state index is 0.161. The van der Waals surface area contributed by atoms with Crippen molar-refractivity contribution in [2.75, 3.05) is 18.8 Å². The molecule has 0 unspecified atom stereocenters. The third-order valence-corrected chi connectivity index (χ3v) is 3.90. The number of anilines is 1. The Hall–Kier alpha value is -1.09. The highest BCUT2D eigenvalue weighted by atomic mass is 19.1. The second-order valence-corrected chi connectivity index (χ2v) is 5.93. The molecular formula is C15H21FN2. The van der Waals surface area contributed by atoms with Gasteiger partial charge in [-0.15, -0.1) is 0 Å². The summed E-state index contributed by atoms with van der Waals surface area (Å²) in [6, 6.07) is 5.06. The second-order valence-electron chi connectivity index (χ2n) is 5.93. The van der Waals surface area contributed by atoms with Crippen LogP contribution in [0, 0.1) is 17.7 Å². The third-order valence-electron chi connectivity index (χ3n) is 3.90.